The molecule has 0 saturated carbocycles. The van der Waals surface area contributed by atoms with Gasteiger partial charge in [0.25, 0.3) is 0 Å². The highest BCUT2D eigenvalue weighted by Crippen LogP contribution is 2.32. The van der Waals surface area contributed by atoms with E-state index in [9.17, 15) is 0 Å². The van der Waals surface area contributed by atoms with Gasteiger partial charge in [0.2, 0.25) is 0 Å². The molecule has 3 rings (SSSR count). The molecule has 0 spiro atoms. The quantitative estimate of drug-likeness (QED) is 0.611. The Hall–Kier alpha value is -1.46. The maximum Gasteiger partial charge on any atom is 0.139 e. The third-order valence-corrected chi connectivity index (χ3v) is 5.98. The SMILES string of the molecule is COc1ccc(CCCN2CCN(C)CC2)cc1COc1cccc(Cl)c1Cl. The van der Waals surface area contributed by atoms with Gasteiger partial charge < -0.3 is 19.3 Å². The van der Waals surface area contributed by atoms with Gasteiger partial charge in [0.05, 0.1) is 12.1 Å². The Morgan fingerprint density at radius 3 is 2.54 bits per heavy atom. The predicted molar refractivity (Wildman–Crippen MR) is 116 cm³/mol. The fourth-order valence-electron chi connectivity index (χ4n) is 3.43. The number of methoxy groups -OCH3 is 1. The first-order valence-electron chi connectivity index (χ1n) is 9.70. The Kier molecular flexibility index (Phi) is 7.86. The van der Waals surface area contributed by atoms with E-state index in [1.54, 1.807) is 13.2 Å². The summed E-state index contributed by atoms with van der Waals surface area (Å²) in [7, 11) is 3.87. The van der Waals surface area contributed by atoms with Crippen LogP contribution in [0.15, 0.2) is 36.4 Å². The van der Waals surface area contributed by atoms with Crippen molar-refractivity contribution < 1.29 is 9.47 Å². The number of benzene rings is 2. The van der Waals surface area contributed by atoms with Crippen molar-refractivity contribution in [1.29, 1.82) is 0 Å². The fraction of sp³-hybridized carbons (Fsp3) is 0.455. The summed E-state index contributed by atoms with van der Waals surface area (Å²) < 4.78 is 11.4. The van der Waals surface area contributed by atoms with E-state index in [0.717, 1.165) is 43.8 Å². The summed E-state index contributed by atoms with van der Waals surface area (Å²) in [5.74, 6) is 1.40. The van der Waals surface area contributed by atoms with Crippen molar-refractivity contribution in [3.63, 3.8) is 0 Å². The van der Waals surface area contributed by atoms with E-state index >= 15 is 0 Å². The summed E-state index contributed by atoms with van der Waals surface area (Å²) in [6.45, 7) is 6.18. The molecule has 4 nitrogen and oxygen atoms in total. The lowest BCUT2D eigenvalue weighted by Gasteiger charge is -2.32. The summed E-state index contributed by atoms with van der Waals surface area (Å²) in [5.41, 5.74) is 2.31. The van der Waals surface area contributed by atoms with Crippen LogP contribution in [0.5, 0.6) is 11.5 Å². The molecule has 1 aliphatic rings. The number of likely N-dealkylation sites (N-methyl/N-ethyl adjacent to an activating group) is 1. The maximum atomic E-state index is 6.22. The number of rotatable bonds is 8. The molecule has 0 radical (unpaired) electrons. The van der Waals surface area contributed by atoms with Gasteiger partial charge in [-0.05, 0) is 56.3 Å². The van der Waals surface area contributed by atoms with Crippen molar-refractivity contribution >= 4 is 23.2 Å². The Morgan fingerprint density at radius 2 is 1.79 bits per heavy atom. The number of hydrogen-bond acceptors (Lipinski definition) is 4. The minimum Gasteiger partial charge on any atom is -0.496 e. The van der Waals surface area contributed by atoms with Gasteiger partial charge in [0.1, 0.15) is 23.1 Å². The molecule has 0 bridgehead atoms. The molecule has 28 heavy (non-hydrogen) atoms. The Balaban J connectivity index is 1.57. The molecule has 1 fully saturated rings. The molecule has 0 unspecified atom stereocenters. The molecule has 0 aromatic heterocycles. The van der Waals surface area contributed by atoms with Gasteiger partial charge in [0.15, 0.2) is 0 Å². The minimum atomic E-state index is 0.384. The van der Waals surface area contributed by atoms with Gasteiger partial charge in [-0.15, -0.1) is 0 Å². The molecule has 6 heteroatoms. The zero-order chi connectivity index (χ0) is 19.9. The van der Waals surface area contributed by atoms with Crippen LogP contribution in [0.3, 0.4) is 0 Å². The summed E-state index contributed by atoms with van der Waals surface area (Å²) in [5, 5.41) is 0.926. The molecule has 0 N–H and O–H groups in total. The first-order chi connectivity index (χ1) is 13.6. The van der Waals surface area contributed by atoms with Gasteiger partial charge >= 0.3 is 0 Å². The standard InChI is InChI=1S/C22H28Cl2N2O2/c1-25-11-13-26(14-12-25)10-4-5-17-8-9-20(27-2)18(15-17)16-28-21-7-3-6-19(23)22(21)24/h3,6-9,15H,4-5,10-14,16H2,1-2H3. The first kappa shape index (κ1) is 21.3. The van der Waals surface area contributed by atoms with E-state index < -0.39 is 0 Å². The van der Waals surface area contributed by atoms with Crippen LogP contribution in [0.2, 0.25) is 10.0 Å². The smallest absolute Gasteiger partial charge is 0.139 e. The minimum absolute atomic E-state index is 0.384. The zero-order valence-electron chi connectivity index (χ0n) is 16.6. The van der Waals surface area contributed by atoms with Crippen LogP contribution in [0.25, 0.3) is 0 Å². The van der Waals surface area contributed by atoms with Crippen molar-refractivity contribution in [1.82, 2.24) is 9.80 Å². The van der Waals surface area contributed by atoms with E-state index in [-0.39, 0.29) is 0 Å². The van der Waals surface area contributed by atoms with Crippen molar-refractivity contribution in [3.8, 4) is 11.5 Å². The Labute approximate surface area is 177 Å². The molecular formula is C22H28Cl2N2O2. The second-order valence-electron chi connectivity index (χ2n) is 7.24. The van der Waals surface area contributed by atoms with Crippen LogP contribution in [-0.2, 0) is 13.0 Å². The number of hydrogen-bond donors (Lipinski definition) is 0. The Morgan fingerprint density at radius 1 is 1.00 bits per heavy atom. The average molecular weight is 423 g/mol. The van der Waals surface area contributed by atoms with Gasteiger partial charge in [-0.25, -0.2) is 0 Å². The molecule has 2 aromatic rings. The van der Waals surface area contributed by atoms with E-state index in [1.807, 2.05) is 18.2 Å². The lowest BCUT2D eigenvalue weighted by molar-refractivity contribution is 0.153. The monoisotopic (exact) mass is 422 g/mol. The van der Waals surface area contributed by atoms with Crippen molar-refractivity contribution in [2.45, 2.75) is 19.4 Å². The predicted octanol–water partition coefficient (Wildman–Crippen LogP) is 4.76. The third-order valence-electron chi connectivity index (χ3n) is 5.18. The van der Waals surface area contributed by atoms with Crippen LogP contribution in [-0.4, -0.2) is 56.7 Å². The van der Waals surface area contributed by atoms with Gasteiger partial charge in [-0.3, -0.25) is 0 Å². The highest BCUT2D eigenvalue weighted by atomic mass is 35.5. The average Bonchev–Trinajstić information content (AvgIpc) is 2.71. The molecule has 1 heterocycles. The van der Waals surface area contributed by atoms with Crippen LogP contribution in [0.1, 0.15) is 17.5 Å². The number of aryl methyl sites for hydroxylation is 1. The lowest BCUT2D eigenvalue weighted by Crippen LogP contribution is -2.44. The van der Waals surface area contributed by atoms with Gasteiger partial charge in [-0.1, -0.05) is 35.3 Å². The van der Waals surface area contributed by atoms with Gasteiger partial charge in [0, 0.05) is 31.7 Å². The second-order valence-corrected chi connectivity index (χ2v) is 8.02. The molecule has 2 aromatic carbocycles. The fourth-order valence-corrected chi connectivity index (χ4v) is 3.78. The largest absolute Gasteiger partial charge is 0.496 e. The highest BCUT2D eigenvalue weighted by molar-refractivity contribution is 6.42. The zero-order valence-corrected chi connectivity index (χ0v) is 18.1. The molecule has 0 amide bonds. The van der Waals surface area contributed by atoms with Crippen LogP contribution < -0.4 is 9.47 Å². The third kappa shape index (κ3) is 5.77. The first-order valence-corrected chi connectivity index (χ1v) is 10.5. The van der Waals surface area contributed by atoms with E-state index in [2.05, 4.69) is 29.0 Å². The van der Waals surface area contributed by atoms with Crippen molar-refractivity contribution in [3.05, 3.63) is 57.6 Å². The Bertz CT molecular complexity index is 777. The van der Waals surface area contributed by atoms with Crippen molar-refractivity contribution in [2.24, 2.45) is 0 Å². The normalized spacial score (nSPS) is 15.6. The maximum absolute atomic E-state index is 6.22. The molecule has 1 aliphatic heterocycles. The summed E-state index contributed by atoms with van der Waals surface area (Å²) in [4.78, 5) is 4.94. The molecule has 1 saturated heterocycles. The summed E-state index contributed by atoms with van der Waals surface area (Å²) in [6, 6.07) is 11.7. The van der Waals surface area contributed by atoms with E-state index in [1.165, 1.54) is 18.7 Å². The van der Waals surface area contributed by atoms with E-state index in [4.69, 9.17) is 32.7 Å². The number of piperazine rings is 1. The van der Waals surface area contributed by atoms with E-state index in [0.29, 0.717) is 22.4 Å². The second kappa shape index (κ2) is 10.4. The number of nitrogens with zero attached hydrogens (tertiary/aromatic N) is 2. The number of ether oxygens (including phenoxy) is 2. The number of halogens is 2. The topological polar surface area (TPSA) is 24.9 Å². The van der Waals surface area contributed by atoms with Gasteiger partial charge in [-0.2, -0.15) is 0 Å². The van der Waals surface area contributed by atoms with Crippen LogP contribution >= 0.6 is 23.2 Å². The molecule has 0 atom stereocenters. The highest BCUT2D eigenvalue weighted by Gasteiger charge is 2.13. The summed E-state index contributed by atoms with van der Waals surface area (Å²) in [6.07, 6.45) is 2.19. The summed E-state index contributed by atoms with van der Waals surface area (Å²) >= 11 is 12.3. The van der Waals surface area contributed by atoms with Crippen LogP contribution in [0.4, 0.5) is 0 Å². The van der Waals surface area contributed by atoms with Crippen molar-refractivity contribution in [2.75, 3.05) is 46.9 Å². The molecule has 152 valence electrons. The van der Waals surface area contributed by atoms with Crippen LogP contribution in [0, 0.1) is 0 Å². The molecule has 0 aliphatic carbocycles. The lowest BCUT2D eigenvalue weighted by atomic mass is 10.1. The molecular weight excluding hydrogens is 395 g/mol.